The van der Waals surface area contributed by atoms with Crippen molar-refractivity contribution in [2.45, 2.75) is 26.8 Å². The number of carbonyl (C=O) groups is 2. The molecule has 0 saturated carbocycles. The molecule has 1 atom stereocenters. The number of benzene rings is 3. The lowest BCUT2D eigenvalue weighted by Gasteiger charge is -2.17. The molecule has 27 heavy (non-hydrogen) atoms. The van der Waals surface area contributed by atoms with Gasteiger partial charge in [0.2, 0.25) is 0 Å². The normalized spacial score (nSPS) is 11.7. The molecule has 5 nitrogen and oxygen atoms in total. The molecule has 0 radical (unpaired) electrons. The first-order valence-corrected chi connectivity index (χ1v) is 8.87. The van der Waals surface area contributed by atoms with Gasteiger partial charge in [0.15, 0.2) is 0 Å². The van der Waals surface area contributed by atoms with Gasteiger partial charge in [0, 0.05) is 5.56 Å². The van der Waals surface area contributed by atoms with Gasteiger partial charge in [-0.25, -0.2) is 10.2 Å². The van der Waals surface area contributed by atoms with E-state index in [-0.39, 0.29) is 11.9 Å². The Morgan fingerprint density at radius 3 is 2.41 bits per heavy atom. The summed E-state index contributed by atoms with van der Waals surface area (Å²) < 4.78 is 0. The van der Waals surface area contributed by atoms with Crippen molar-refractivity contribution in [3.05, 3.63) is 82.9 Å². The zero-order valence-electron chi connectivity index (χ0n) is 15.7. The highest BCUT2D eigenvalue weighted by Crippen LogP contribution is 2.23. The summed E-state index contributed by atoms with van der Waals surface area (Å²) in [6.07, 6.45) is 0. The van der Waals surface area contributed by atoms with Gasteiger partial charge in [0.25, 0.3) is 5.91 Å². The summed E-state index contributed by atoms with van der Waals surface area (Å²) in [5, 5.41) is 5.06. The first-order chi connectivity index (χ1) is 13.0. The maximum absolute atomic E-state index is 12.3. The number of nitrogens with one attached hydrogen (secondary N) is 3. The number of aryl methyl sites for hydroxylation is 2. The van der Waals surface area contributed by atoms with Gasteiger partial charge in [0.05, 0.1) is 6.04 Å². The van der Waals surface area contributed by atoms with E-state index in [2.05, 4.69) is 16.2 Å². The van der Waals surface area contributed by atoms with Crippen LogP contribution in [0.4, 0.5) is 4.79 Å². The Bertz CT molecular complexity index is 993. The predicted molar refractivity (Wildman–Crippen MR) is 107 cm³/mol. The second-order valence-corrected chi connectivity index (χ2v) is 6.66. The molecule has 3 aromatic rings. The van der Waals surface area contributed by atoms with Crippen LogP contribution in [0.2, 0.25) is 0 Å². The molecule has 0 aromatic heterocycles. The predicted octanol–water partition coefficient (Wildman–Crippen LogP) is 4.16. The summed E-state index contributed by atoms with van der Waals surface area (Å²) >= 11 is 0. The molecule has 0 aliphatic carbocycles. The minimum atomic E-state index is -0.464. The molecular formula is C22H23N3O2. The van der Waals surface area contributed by atoms with Gasteiger partial charge in [-0.2, -0.15) is 0 Å². The van der Waals surface area contributed by atoms with Crippen LogP contribution in [0.25, 0.3) is 10.8 Å². The molecule has 138 valence electrons. The largest absolute Gasteiger partial charge is 0.333 e. The molecular weight excluding hydrogens is 338 g/mol. The van der Waals surface area contributed by atoms with Crippen LogP contribution in [-0.4, -0.2) is 11.9 Å². The molecule has 0 spiro atoms. The Labute approximate surface area is 158 Å². The summed E-state index contributed by atoms with van der Waals surface area (Å²) in [5.74, 6) is -0.347. The van der Waals surface area contributed by atoms with E-state index in [1.807, 2.05) is 75.4 Å². The lowest BCUT2D eigenvalue weighted by atomic mass is 10.00. The number of hydrogen-bond acceptors (Lipinski definition) is 2. The quantitative estimate of drug-likeness (QED) is 0.613. The maximum Gasteiger partial charge on any atom is 0.333 e. The van der Waals surface area contributed by atoms with Crippen LogP contribution in [0.3, 0.4) is 0 Å². The van der Waals surface area contributed by atoms with Gasteiger partial charge >= 0.3 is 6.03 Å². The average molecular weight is 361 g/mol. The molecule has 0 bridgehead atoms. The number of urea groups is 1. The van der Waals surface area contributed by atoms with Crippen LogP contribution in [0, 0.1) is 13.8 Å². The van der Waals surface area contributed by atoms with Crippen LogP contribution < -0.4 is 16.2 Å². The summed E-state index contributed by atoms with van der Waals surface area (Å²) in [5.41, 5.74) is 8.36. The lowest BCUT2D eigenvalue weighted by Crippen LogP contribution is -2.47. The third-order valence-corrected chi connectivity index (χ3v) is 4.55. The number of rotatable bonds is 3. The van der Waals surface area contributed by atoms with Gasteiger partial charge in [-0.05, 0) is 48.7 Å². The summed E-state index contributed by atoms with van der Waals surface area (Å²) in [7, 11) is 0. The highest BCUT2D eigenvalue weighted by Gasteiger charge is 2.14. The molecule has 3 rings (SSSR count). The lowest BCUT2D eigenvalue weighted by molar-refractivity contribution is 0.0935. The molecule has 5 heteroatoms. The SMILES string of the molecule is Cc1ccc(C(=O)NNC(=O)N[C@@H](C)c2cccc3ccccc23)c(C)c1. The average Bonchev–Trinajstić information content (AvgIpc) is 2.65. The number of amides is 3. The molecule has 0 saturated heterocycles. The van der Waals surface area contributed by atoms with Crippen LogP contribution in [0.15, 0.2) is 60.7 Å². The molecule has 3 amide bonds. The number of carbonyl (C=O) groups excluding carboxylic acids is 2. The second kappa shape index (κ2) is 7.91. The Kier molecular flexibility index (Phi) is 5.41. The molecule has 3 aromatic carbocycles. The topological polar surface area (TPSA) is 70.2 Å². The smallest absolute Gasteiger partial charge is 0.330 e. The van der Waals surface area contributed by atoms with Crippen molar-refractivity contribution in [2.24, 2.45) is 0 Å². The first-order valence-electron chi connectivity index (χ1n) is 8.87. The van der Waals surface area contributed by atoms with Gasteiger partial charge in [-0.3, -0.25) is 10.2 Å². The third kappa shape index (κ3) is 4.26. The van der Waals surface area contributed by atoms with Gasteiger partial charge in [0.1, 0.15) is 0 Å². The molecule has 0 fully saturated rings. The van der Waals surface area contributed by atoms with Crippen molar-refractivity contribution in [3.8, 4) is 0 Å². The zero-order chi connectivity index (χ0) is 19.4. The van der Waals surface area contributed by atoms with Crippen molar-refractivity contribution < 1.29 is 9.59 Å². The Morgan fingerprint density at radius 2 is 1.63 bits per heavy atom. The van der Waals surface area contributed by atoms with E-state index in [1.54, 1.807) is 6.07 Å². The van der Waals surface area contributed by atoms with E-state index in [4.69, 9.17) is 0 Å². The van der Waals surface area contributed by atoms with Gasteiger partial charge < -0.3 is 5.32 Å². The van der Waals surface area contributed by atoms with Crippen LogP contribution in [0.5, 0.6) is 0 Å². The number of hydrogen-bond donors (Lipinski definition) is 3. The highest BCUT2D eigenvalue weighted by molar-refractivity contribution is 5.96. The first kappa shape index (κ1) is 18.5. The van der Waals surface area contributed by atoms with E-state index in [0.717, 1.165) is 27.5 Å². The minimum Gasteiger partial charge on any atom is -0.330 e. The van der Waals surface area contributed by atoms with Gasteiger partial charge in [-0.1, -0.05) is 60.2 Å². The Morgan fingerprint density at radius 1 is 0.889 bits per heavy atom. The van der Waals surface area contributed by atoms with Crippen molar-refractivity contribution >= 4 is 22.7 Å². The Hall–Kier alpha value is -3.34. The molecule has 0 aliphatic heterocycles. The summed E-state index contributed by atoms with van der Waals surface area (Å²) in [4.78, 5) is 24.5. The molecule has 0 heterocycles. The summed E-state index contributed by atoms with van der Waals surface area (Å²) in [6.45, 7) is 5.74. The van der Waals surface area contributed by atoms with E-state index < -0.39 is 6.03 Å². The highest BCUT2D eigenvalue weighted by atomic mass is 16.2. The van der Waals surface area contributed by atoms with Crippen molar-refractivity contribution in [1.29, 1.82) is 0 Å². The van der Waals surface area contributed by atoms with Crippen LogP contribution in [0.1, 0.15) is 40.0 Å². The Balaban J connectivity index is 1.62. The van der Waals surface area contributed by atoms with E-state index in [1.165, 1.54) is 0 Å². The second-order valence-electron chi connectivity index (χ2n) is 6.66. The van der Waals surface area contributed by atoms with Crippen LogP contribution in [-0.2, 0) is 0 Å². The van der Waals surface area contributed by atoms with Crippen molar-refractivity contribution in [2.75, 3.05) is 0 Å². The van der Waals surface area contributed by atoms with E-state index in [0.29, 0.717) is 5.56 Å². The van der Waals surface area contributed by atoms with E-state index >= 15 is 0 Å². The van der Waals surface area contributed by atoms with Gasteiger partial charge in [-0.15, -0.1) is 0 Å². The monoisotopic (exact) mass is 361 g/mol. The fraction of sp³-hybridized carbons (Fsp3) is 0.182. The molecule has 0 aliphatic rings. The third-order valence-electron chi connectivity index (χ3n) is 4.55. The molecule has 0 unspecified atom stereocenters. The number of fused-ring (bicyclic) bond motifs is 1. The van der Waals surface area contributed by atoms with Crippen LogP contribution >= 0.6 is 0 Å². The van der Waals surface area contributed by atoms with E-state index in [9.17, 15) is 9.59 Å². The molecule has 3 N–H and O–H groups in total. The van der Waals surface area contributed by atoms with Crippen molar-refractivity contribution in [3.63, 3.8) is 0 Å². The fourth-order valence-corrected chi connectivity index (χ4v) is 3.19. The van der Waals surface area contributed by atoms with Crippen molar-refractivity contribution in [1.82, 2.24) is 16.2 Å². The maximum atomic E-state index is 12.3. The zero-order valence-corrected chi connectivity index (χ0v) is 15.7. The fourth-order valence-electron chi connectivity index (χ4n) is 3.19. The number of hydrazine groups is 1. The standard InChI is InChI=1S/C22H23N3O2/c1-14-11-12-18(15(2)13-14)21(26)24-25-22(27)23-16(3)19-10-6-8-17-7-4-5-9-20(17)19/h4-13,16H,1-3H3,(H,24,26)(H2,23,25,27)/t16-/m0/s1. The minimum absolute atomic E-state index is 0.214. The summed E-state index contributed by atoms with van der Waals surface area (Å²) in [6, 6.07) is 18.9.